The Morgan fingerprint density at radius 1 is 0.229 bits per heavy atom. The fourth-order valence-corrected chi connectivity index (χ4v) is 9.21. The van der Waals surface area contributed by atoms with Gasteiger partial charge in [-0.2, -0.15) is 0 Å². The molecule has 0 atom stereocenters. The highest BCUT2D eigenvalue weighted by molar-refractivity contribution is 5.88. The van der Waals surface area contributed by atoms with Crippen LogP contribution in [0.5, 0.6) is 0 Å². The molecule has 12 aromatic rings. The molecule has 0 N–H and O–H groups in total. The molecule has 0 unspecified atom stereocenters. The minimum atomic E-state index is 0.815. The lowest BCUT2D eigenvalue weighted by Gasteiger charge is -2.16. The van der Waals surface area contributed by atoms with E-state index in [9.17, 15) is 0 Å². The van der Waals surface area contributed by atoms with Gasteiger partial charge in [0, 0.05) is 82.6 Å². The van der Waals surface area contributed by atoms with Crippen molar-refractivity contribution in [1.29, 1.82) is 0 Å². The highest BCUT2D eigenvalue weighted by atomic mass is 15.1. The predicted molar refractivity (Wildman–Crippen MR) is 283 cm³/mol. The fraction of sp³-hybridized carbons (Fsp3) is 0. The van der Waals surface area contributed by atoms with Gasteiger partial charge >= 0.3 is 0 Å². The second kappa shape index (κ2) is 18.6. The molecule has 70 heavy (non-hydrogen) atoms. The maximum absolute atomic E-state index is 4.99. The zero-order valence-electron chi connectivity index (χ0n) is 38.0. The lowest BCUT2D eigenvalue weighted by atomic mass is 9.91. The largest absolute Gasteiger partial charge is 0.300 e. The van der Waals surface area contributed by atoms with Crippen LogP contribution < -0.4 is 0 Å². The summed E-state index contributed by atoms with van der Waals surface area (Å²) in [6.07, 6.45) is 13.3. The van der Waals surface area contributed by atoms with Gasteiger partial charge in [-0.05, 0) is 123 Å². The summed E-state index contributed by atoms with van der Waals surface area (Å²) in [5.41, 5.74) is 18.9. The van der Waals surface area contributed by atoms with Crippen LogP contribution in [0.4, 0.5) is 0 Å². The number of hydrogen-bond donors (Lipinski definition) is 0. The molecular formula is C63H43N7. The van der Waals surface area contributed by atoms with Gasteiger partial charge in [0.05, 0.1) is 17.1 Å². The van der Waals surface area contributed by atoms with Crippen molar-refractivity contribution < 1.29 is 0 Å². The molecule has 0 amide bonds. The molecule has 0 saturated carbocycles. The van der Waals surface area contributed by atoms with Crippen LogP contribution in [0.2, 0.25) is 0 Å². The molecule has 0 spiro atoms. The number of benzene rings is 7. The van der Waals surface area contributed by atoms with E-state index in [0.717, 1.165) is 101 Å². The number of hydrogen-bond acceptors (Lipinski definition) is 5. The van der Waals surface area contributed by atoms with Gasteiger partial charge in [0.2, 0.25) is 0 Å². The van der Waals surface area contributed by atoms with Gasteiger partial charge < -0.3 is 0 Å². The number of pyridine rings is 3. The van der Waals surface area contributed by atoms with Gasteiger partial charge in [0.1, 0.15) is 11.6 Å². The Balaban J connectivity index is 0.913. The molecule has 0 aliphatic rings. The van der Waals surface area contributed by atoms with E-state index in [1.54, 1.807) is 0 Å². The molecule has 0 saturated heterocycles. The highest BCUT2D eigenvalue weighted by Crippen LogP contribution is 2.39. The second-order valence-corrected chi connectivity index (χ2v) is 17.1. The summed E-state index contributed by atoms with van der Waals surface area (Å²) in [5.74, 6) is 1.63. The van der Waals surface area contributed by atoms with Crippen molar-refractivity contribution in [3.63, 3.8) is 0 Å². The first-order valence-corrected chi connectivity index (χ1v) is 23.3. The smallest absolute Gasteiger partial charge is 0.144 e. The average Bonchev–Trinajstić information content (AvgIpc) is 4.16. The Labute approximate surface area is 406 Å². The van der Waals surface area contributed by atoms with Crippen LogP contribution in [0.1, 0.15) is 0 Å². The molecule has 12 rings (SSSR count). The monoisotopic (exact) mass is 897 g/mol. The number of imidazole rings is 2. The zero-order valence-corrected chi connectivity index (χ0v) is 38.0. The molecule has 5 heterocycles. The van der Waals surface area contributed by atoms with E-state index < -0.39 is 0 Å². The Morgan fingerprint density at radius 2 is 0.643 bits per heavy atom. The van der Waals surface area contributed by atoms with Crippen LogP contribution in [0, 0.1) is 0 Å². The van der Waals surface area contributed by atoms with Crippen molar-refractivity contribution in [3.8, 4) is 112 Å². The maximum atomic E-state index is 4.99. The van der Waals surface area contributed by atoms with Gasteiger partial charge in [-0.25, -0.2) is 9.97 Å². The van der Waals surface area contributed by atoms with Gasteiger partial charge in [0.25, 0.3) is 0 Å². The molecule has 0 radical (unpaired) electrons. The molecule has 7 nitrogen and oxygen atoms in total. The molecule has 7 heteroatoms. The van der Waals surface area contributed by atoms with Crippen molar-refractivity contribution in [2.75, 3.05) is 0 Å². The molecule has 5 aromatic heterocycles. The van der Waals surface area contributed by atoms with Crippen molar-refractivity contribution in [1.82, 2.24) is 34.1 Å². The van der Waals surface area contributed by atoms with Crippen LogP contribution in [-0.2, 0) is 0 Å². The first-order chi connectivity index (χ1) is 34.7. The van der Waals surface area contributed by atoms with Gasteiger partial charge in [-0.15, -0.1) is 0 Å². The van der Waals surface area contributed by atoms with Crippen molar-refractivity contribution in [2.24, 2.45) is 0 Å². The lowest BCUT2D eigenvalue weighted by molar-refractivity contribution is 1.06. The van der Waals surface area contributed by atoms with Crippen LogP contribution in [0.3, 0.4) is 0 Å². The van der Waals surface area contributed by atoms with Gasteiger partial charge in [-0.1, -0.05) is 140 Å². The van der Waals surface area contributed by atoms with E-state index in [1.165, 1.54) is 11.1 Å². The van der Waals surface area contributed by atoms with Crippen LogP contribution in [-0.4, -0.2) is 34.1 Å². The summed E-state index contributed by atoms with van der Waals surface area (Å²) < 4.78 is 4.28. The topological polar surface area (TPSA) is 74.3 Å². The Bertz CT molecular complexity index is 3570. The maximum Gasteiger partial charge on any atom is 0.144 e. The SMILES string of the molecule is c1ccc(-c2ccc(-c3ccnc(-c4ccc(-c5ccccc5-c5cc(-c6nccn6-c6ccc(-c7ccccn7)cc6)cc(-c6nccn6-c6ccc(-c7ccccn7)cc6)c5)cc4)c3)cc2)cc1. The molecule has 0 bridgehead atoms. The van der Waals surface area contributed by atoms with Crippen molar-refractivity contribution >= 4 is 0 Å². The summed E-state index contributed by atoms with van der Waals surface area (Å²) in [5, 5.41) is 0. The number of nitrogens with zero attached hydrogens (tertiary/aromatic N) is 7. The normalized spacial score (nSPS) is 11.1. The van der Waals surface area contributed by atoms with Crippen LogP contribution in [0.15, 0.2) is 262 Å². The third kappa shape index (κ3) is 8.40. The Morgan fingerprint density at radius 3 is 1.19 bits per heavy atom. The van der Waals surface area contributed by atoms with E-state index in [2.05, 4.69) is 195 Å². The highest BCUT2D eigenvalue weighted by Gasteiger charge is 2.18. The summed E-state index contributed by atoms with van der Waals surface area (Å²) >= 11 is 0. The van der Waals surface area contributed by atoms with Gasteiger partial charge in [-0.3, -0.25) is 24.1 Å². The van der Waals surface area contributed by atoms with Crippen molar-refractivity contribution in [3.05, 3.63) is 262 Å². The first kappa shape index (κ1) is 41.8. The fourth-order valence-electron chi connectivity index (χ4n) is 9.21. The number of aromatic nitrogens is 7. The van der Waals surface area contributed by atoms with Crippen LogP contribution in [0.25, 0.3) is 112 Å². The number of rotatable bonds is 11. The summed E-state index contributed by atoms with van der Waals surface area (Å²) in [4.78, 5) is 23.9. The molecular weight excluding hydrogens is 855 g/mol. The van der Waals surface area contributed by atoms with E-state index in [4.69, 9.17) is 15.0 Å². The molecule has 0 aliphatic carbocycles. The van der Waals surface area contributed by atoms with Crippen LogP contribution >= 0.6 is 0 Å². The van der Waals surface area contributed by atoms with E-state index in [0.29, 0.717) is 0 Å². The van der Waals surface area contributed by atoms with Crippen molar-refractivity contribution in [2.45, 2.75) is 0 Å². The summed E-state index contributed by atoms with van der Waals surface area (Å²) in [6, 6.07) is 76.4. The lowest BCUT2D eigenvalue weighted by Crippen LogP contribution is -2.00. The van der Waals surface area contributed by atoms with E-state index in [-0.39, 0.29) is 0 Å². The molecule has 7 aromatic carbocycles. The Hall–Kier alpha value is -9.59. The molecule has 0 fully saturated rings. The average molecular weight is 898 g/mol. The quantitative estimate of drug-likeness (QED) is 0.129. The summed E-state index contributed by atoms with van der Waals surface area (Å²) in [7, 11) is 0. The van der Waals surface area contributed by atoms with Gasteiger partial charge in [0.15, 0.2) is 0 Å². The Kier molecular flexibility index (Phi) is 11.1. The molecule has 0 aliphatic heterocycles. The minimum absolute atomic E-state index is 0.815. The molecule has 330 valence electrons. The summed E-state index contributed by atoms with van der Waals surface area (Å²) in [6.45, 7) is 0. The minimum Gasteiger partial charge on any atom is -0.300 e. The van der Waals surface area contributed by atoms with E-state index >= 15 is 0 Å². The predicted octanol–water partition coefficient (Wildman–Crippen LogP) is 15.2. The zero-order chi connectivity index (χ0) is 46.6. The van der Waals surface area contributed by atoms with E-state index in [1.807, 2.05) is 85.8 Å². The third-order valence-electron chi connectivity index (χ3n) is 12.8. The second-order valence-electron chi connectivity index (χ2n) is 17.1. The standard InChI is InChI=1S/C63H43N7/c1-2-10-44(11-3-1)45-16-18-46(19-17-45)51-32-35-66-61(43-51)50-22-20-47(21-23-50)57-12-4-5-13-58(57)52-40-53(62-67-36-38-69(62)55-28-24-48(25-29-55)59-14-6-8-33-64-59)42-54(41-52)63-68-37-39-70(63)56-30-26-49(27-31-56)60-15-7-9-34-65-60/h1-43H. The first-order valence-electron chi connectivity index (χ1n) is 23.3. The third-order valence-corrected chi connectivity index (χ3v) is 12.8.